The Labute approximate surface area is 130 Å². The fourth-order valence-electron chi connectivity index (χ4n) is 2.26. The predicted molar refractivity (Wildman–Crippen MR) is 87.1 cm³/mol. The van der Waals surface area contributed by atoms with E-state index in [1.54, 1.807) is 11.0 Å². The average Bonchev–Trinajstić information content (AvgIpc) is 3.00. The second-order valence-corrected chi connectivity index (χ2v) is 5.24. The topological polar surface area (TPSA) is 55.6 Å². The first kappa shape index (κ1) is 14.3. The highest BCUT2D eigenvalue weighted by atomic mass is 15.3. The number of hydrogen-bond donors (Lipinski definition) is 1. The van der Waals surface area contributed by atoms with Crippen molar-refractivity contribution in [1.29, 1.82) is 0 Å². The fraction of sp³-hybridized carbons (Fsp3) is 0.235. The molecule has 0 saturated carbocycles. The number of nitrogens with zero attached hydrogens (tertiary/aromatic N) is 4. The number of aryl methyl sites for hydroxylation is 2. The summed E-state index contributed by atoms with van der Waals surface area (Å²) in [5.41, 5.74) is 2.47. The first-order valence-electron chi connectivity index (χ1n) is 7.43. The largest absolute Gasteiger partial charge is 0.370 e. The highest BCUT2D eigenvalue weighted by molar-refractivity contribution is 5.40. The summed E-state index contributed by atoms with van der Waals surface area (Å²) in [6, 6.07) is 12.4. The van der Waals surface area contributed by atoms with Gasteiger partial charge in [-0.05, 0) is 30.9 Å². The average molecular weight is 293 g/mol. The molecule has 0 aliphatic rings. The number of rotatable bonds is 6. The SMILES string of the molecule is Cc1cnn(-c2cc(NCCCc3ccccc3)ncn2)c1. The zero-order valence-electron chi connectivity index (χ0n) is 12.6. The van der Waals surface area contributed by atoms with Crippen LogP contribution in [0.1, 0.15) is 17.5 Å². The van der Waals surface area contributed by atoms with Gasteiger partial charge in [0.25, 0.3) is 0 Å². The minimum atomic E-state index is 0.772. The number of anilines is 1. The molecule has 0 unspecified atom stereocenters. The van der Waals surface area contributed by atoms with Crippen molar-refractivity contribution in [2.45, 2.75) is 19.8 Å². The van der Waals surface area contributed by atoms with Crippen LogP contribution in [0.4, 0.5) is 5.82 Å². The van der Waals surface area contributed by atoms with E-state index >= 15 is 0 Å². The number of nitrogens with one attached hydrogen (secondary N) is 1. The third kappa shape index (κ3) is 3.69. The van der Waals surface area contributed by atoms with Crippen LogP contribution in [0.5, 0.6) is 0 Å². The van der Waals surface area contributed by atoms with Gasteiger partial charge in [0, 0.05) is 18.8 Å². The number of benzene rings is 1. The van der Waals surface area contributed by atoms with Crippen LogP contribution in [0, 0.1) is 6.92 Å². The van der Waals surface area contributed by atoms with Crippen molar-refractivity contribution in [1.82, 2.24) is 19.7 Å². The van der Waals surface area contributed by atoms with E-state index in [-0.39, 0.29) is 0 Å². The zero-order valence-corrected chi connectivity index (χ0v) is 12.6. The Morgan fingerprint density at radius 3 is 2.77 bits per heavy atom. The van der Waals surface area contributed by atoms with Gasteiger partial charge in [-0.3, -0.25) is 0 Å². The van der Waals surface area contributed by atoms with Gasteiger partial charge in [0.15, 0.2) is 5.82 Å². The predicted octanol–water partition coefficient (Wildman–Crippen LogP) is 3.02. The third-order valence-corrected chi connectivity index (χ3v) is 3.39. The maximum Gasteiger partial charge on any atom is 0.158 e. The van der Waals surface area contributed by atoms with E-state index in [1.807, 2.05) is 31.5 Å². The van der Waals surface area contributed by atoms with E-state index in [0.29, 0.717) is 0 Å². The summed E-state index contributed by atoms with van der Waals surface area (Å²) in [6.07, 6.45) is 7.44. The van der Waals surface area contributed by atoms with Crippen LogP contribution in [0.15, 0.2) is 55.1 Å². The van der Waals surface area contributed by atoms with Crippen LogP contribution in [0.3, 0.4) is 0 Å². The Bertz CT molecular complexity index is 721. The van der Waals surface area contributed by atoms with E-state index in [9.17, 15) is 0 Å². The summed E-state index contributed by atoms with van der Waals surface area (Å²) in [5, 5.41) is 7.60. The van der Waals surface area contributed by atoms with Gasteiger partial charge < -0.3 is 5.32 Å². The molecule has 3 aromatic rings. The van der Waals surface area contributed by atoms with E-state index in [2.05, 4.69) is 44.6 Å². The van der Waals surface area contributed by atoms with Gasteiger partial charge in [-0.2, -0.15) is 5.10 Å². The molecule has 5 heteroatoms. The third-order valence-electron chi connectivity index (χ3n) is 3.39. The molecule has 0 amide bonds. The standard InChI is InChI=1S/C17H19N5/c1-14-11-21-22(12-14)17-10-16(19-13-20-17)18-9-5-8-15-6-3-2-4-7-15/h2-4,6-7,10-13H,5,8-9H2,1H3,(H,18,19,20). The van der Waals surface area contributed by atoms with Crippen LogP contribution in [0.2, 0.25) is 0 Å². The summed E-state index contributed by atoms with van der Waals surface area (Å²) in [6.45, 7) is 2.89. The van der Waals surface area contributed by atoms with Crippen molar-refractivity contribution < 1.29 is 0 Å². The molecule has 1 N–H and O–H groups in total. The second-order valence-electron chi connectivity index (χ2n) is 5.24. The van der Waals surface area contributed by atoms with Crippen LogP contribution in [-0.2, 0) is 6.42 Å². The van der Waals surface area contributed by atoms with Gasteiger partial charge in [-0.15, -0.1) is 0 Å². The molecule has 0 spiro atoms. The lowest BCUT2D eigenvalue weighted by molar-refractivity contribution is 0.832. The first-order valence-corrected chi connectivity index (χ1v) is 7.43. The Morgan fingerprint density at radius 1 is 1.14 bits per heavy atom. The Kier molecular flexibility index (Phi) is 4.44. The van der Waals surface area contributed by atoms with Crippen molar-refractivity contribution in [2.75, 3.05) is 11.9 Å². The Balaban J connectivity index is 1.55. The molecular formula is C17H19N5. The Morgan fingerprint density at radius 2 is 2.00 bits per heavy atom. The van der Waals surface area contributed by atoms with Crippen molar-refractivity contribution in [3.8, 4) is 5.82 Å². The van der Waals surface area contributed by atoms with E-state index in [4.69, 9.17) is 0 Å². The summed E-state index contributed by atoms with van der Waals surface area (Å²) in [4.78, 5) is 8.50. The molecule has 2 heterocycles. The lowest BCUT2D eigenvalue weighted by Crippen LogP contribution is -2.06. The first-order chi connectivity index (χ1) is 10.8. The zero-order chi connectivity index (χ0) is 15.2. The monoisotopic (exact) mass is 293 g/mol. The van der Waals surface area contributed by atoms with Crippen molar-refractivity contribution in [3.05, 3.63) is 66.2 Å². The number of aromatic nitrogens is 4. The minimum absolute atomic E-state index is 0.772. The highest BCUT2D eigenvalue weighted by Gasteiger charge is 2.02. The van der Waals surface area contributed by atoms with Gasteiger partial charge in [-0.25, -0.2) is 14.6 Å². The molecule has 3 rings (SSSR count). The quantitative estimate of drug-likeness (QED) is 0.710. The molecule has 5 nitrogen and oxygen atoms in total. The summed E-state index contributed by atoms with van der Waals surface area (Å²) < 4.78 is 1.76. The molecule has 0 fully saturated rings. The molecule has 0 atom stereocenters. The molecule has 0 bridgehead atoms. The Hall–Kier alpha value is -2.69. The lowest BCUT2D eigenvalue weighted by Gasteiger charge is -2.07. The molecule has 0 radical (unpaired) electrons. The number of hydrogen-bond acceptors (Lipinski definition) is 4. The maximum atomic E-state index is 4.26. The van der Waals surface area contributed by atoms with Crippen molar-refractivity contribution in [2.24, 2.45) is 0 Å². The van der Waals surface area contributed by atoms with Crippen molar-refractivity contribution in [3.63, 3.8) is 0 Å². The van der Waals surface area contributed by atoms with Gasteiger partial charge in [0.1, 0.15) is 12.1 Å². The second kappa shape index (κ2) is 6.85. The maximum absolute atomic E-state index is 4.26. The smallest absolute Gasteiger partial charge is 0.158 e. The van der Waals surface area contributed by atoms with E-state index in [1.165, 1.54) is 5.56 Å². The molecule has 1 aromatic carbocycles. The normalized spacial score (nSPS) is 10.6. The molecule has 22 heavy (non-hydrogen) atoms. The molecule has 0 aliphatic heterocycles. The summed E-state index contributed by atoms with van der Waals surface area (Å²) in [7, 11) is 0. The lowest BCUT2D eigenvalue weighted by atomic mass is 10.1. The molecule has 2 aromatic heterocycles. The van der Waals surface area contributed by atoms with E-state index in [0.717, 1.165) is 36.6 Å². The van der Waals surface area contributed by atoms with Gasteiger partial charge in [-0.1, -0.05) is 30.3 Å². The van der Waals surface area contributed by atoms with Crippen LogP contribution < -0.4 is 5.32 Å². The van der Waals surface area contributed by atoms with Gasteiger partial charge in [0.2, 0.25) is 0 Å². The minimum Gasteiger partial charge on any atom is -0.370 e. The molecule has 0 saturated heterocycles. The van der Waals surface area contributed by atoms with Crippen molar-refractivity contribution >= 4 is 5.82 Å². The summed E-state index contributed by atoms with van der Waals surface area (Å²) in [5.74, 6) is 1.60. The molecule has 0 aliphatic carbocycles. The summed E-state index contributed by atoms with van der Waals surface area (Å²) >= 11 is 0. The van der Waals surface area contributed by atoms with E-state index < -0.39 is 0 Å². The van der Waals surface area contributed by atoms with Gasteiger partial charge in [0.05, 0.1) is 6.20 Å². The highest BCUT2D eigenvalue weighted by Crippen LogP contribution is 2.09. The molecule has 112 valence electrons. The van der Waals surface area contributed by atoms with Crippen LogP contribution >= 0.6 is 0 Å². The van der Waals surface area contributed by atoms with Crippen LogP contribution in [0.25, 0.3) is 5.82 Å². The molecular weight excluding hydrogens is 274 g/mol. The fourth-order valence-corrected chi connectivity index (χ4v) is 2.26. The van der Waals surface area contributed by atoms with Gasteiger partial charge >= 0.3 is 0 Å². The van der Waals surface area contributed by atoms with Crippen LogP contribution in [-0.4, -0.2) is 26.3 Å².